The molecule has 0 atom stereocenters. The van der Waals surface area contributed by atoms with Crippen LogP contribution < -0.4 is 5.32 Å². The summed E-state index contributed by atoms with van der Waals surface area (Å²) < 4.78 is 5.64. The number of hydrogen-bond donors (Lipinski definition) is 1. The molecule has 0 saturated carbocycles. The van der Waals surface area contributed by atoms with Crippen LogP contribution in [0.25, 0.3) is 0 Å². The third-order valence-electron chi connectivity index (χ3n) is 2.67. The van der Waals surface area contributed by atoms with E-state index in [-0.39, 0.29) is 0 Å². The Kier molecular flexibility index (Phi) is 5.32. The van der Waals surface area contributed by atoms with Gasteiger partial charge < -0.3 is 10.1 Å². The molecule has 2 aromatic rings. The standard InChI is InChI=1S/C15H18ClN3O/c1-3-17-14-8-11(2)18-15(19-14)10-20-9-12-4-6-13(16)7-5-12/h4-8H,3,9-10H2,1-2H3,(H,17,18,19). The fraction of sp³-hybridized carbons (Fsp3) is 0.333. The van der Waals surface area contributed by atoms with Crippen molar-refractivity contribution < 1.29 is 4.74 Å². The van der Waals surface area contributed by atoms with E-state index in [9.17, 15) is 0 Å². The average molecular weight is 292 g/mol. The van der Waals surface area contributed by atoms with Crippen molar-refractivity contribution in [1.82, 2.24) is 9.97 Å². The van der Waals surface area contributed by atoms with Gasteiger partial charge in [-0.05, 0) is 31.5 Å². The van der Waals surface area contributed by atoms with E-state index in [4.69, 9.17) is 16.3 Å². The van der Waals surface area contributed by atoms with Crippen molar-refractivity contribution in [3.63, 3.8) is 0 Å². The Labute approximate surface area is 124 Å². The van der Waals surface area contributed by atoms with Crippen molar-refractivity contribution >= 4 is 17.4 Å². The van der Waals surface area contributed by atoms with E-state index >= 15 is 0 Å². The van der Waals surface area contributed by atoms with E-state index in [0.29, 0.717) is 19.0 Å². The maximum Gasteiger partial charge on any atom is 0.156 e. The molecule has 1 aromatic heterocycles. The van der Waals surface area contributed by atoms with Crippen molar-refractivity contribution in [2.45, 2.75) is 27.1 Å². The van der Waals surface area contributed by atoms with Gasteiger partial charge in [-0.2, -0.15) is 0 Å². The second kappa shape index (κ2) is 7.22. The van der Waals surface area contributed by atoms with Gasteiger partial charge in [0, 0.05) is 23.3 Å². The van der Waals surface area contributed by atoms with Crippen LogP contribution in [0.3, 0.4) is 0 Å². The molecular formula is C15H18ClN3O. The molecule has 2 rings (SSSR count). The van der Waals surface area contributed by atoms with E-state index in [1.807, 2.05) is 44.2 Å². The molecule has 1 heterocycles. The zero-order valence-corrected chi connectivity index (χ0v) is 12.4. The Morgan fingerprint density at radius 3 is 2.60 bits per heavy atom. The molecule has 0 aliphatic rings. The molecule has 0 bridgehead atoms. The Morgan fingerprint density at radius 2 is 1.90 bits per heavy atom. The van der Waals surface area contributed by atoms with Crippen molar-refractivity contribution in [1.29, 1.82) is 0 Å². The molecule has 0 radical (unpaired) electrons. The molecule has 0 unspecified atom stereocenters. The Morgan fingerprint density at radius 1 is 1.15 bits per heavy atom. The number of aromatic nitrogens is 2. The lowest BCUT2D eigenvalue weighted by atomic mass is 10.2. The fourth-order valence-corrected chi connectivity index (χ4v) is 1.93. The number of ether oxygens (including phenoxy) is 1. The highest BCUT2D eigenvalue weighted by molar-refractivity contribution is 6.30. The van der Waals surface area contributed by atoms with Crippen LogP contribution in [0.15, 0.2) is 30.3 Å². The van der Waals surface area contributed by atoms with Crippen LogP contribution in [0.1, 0.15) is 24.0 Å². The monoisotopic (exact) mass is 291 g/mol. The first-order chi connectivity index (χ1) is 9.67. The van der Waals surface area contributed by atoms with Crippen LogP contribution in [0, 0.1) is 6.92 Å². The van der Waals surface area contributed by atoms with Crippen LogP contribution in [0.5, 0.6) is 0 Å². The molecule has 0 aliphatic carbocycles. The molecule has 5 heteroatoms. The Balaban J connectivity index is 1.91. The summed E-state index contributed by atoms with van der Waals surface area (Å²) in [7, 11) is 0. The lowest BCUT2D eigenvalue weighted by Gasteiger charge is -2.08. The van der Waals surface area contributed by atoms with E-state index < -0.39 is 0 Å². The maximum atomic E-state index is 5.84. The van der Waals surface area contributed by atoms with Crippen LogP contribution in [0.4, 0.5) is 5.82 Å². The SMILES string of the molecule is CCNc1cc(C)nc(COCc2ccc(Cl)cc2)n1. The lowest BCUT2D eigenvalue weighted by molar-refractivity contribution is 0.102. The maximum absolute atomic E-state index is 5.84. The zero-order valence-electron chi connectivity index (χ0n) is 11.7. The molecule has 20 heavy (non-hydrogen) atoms. The highest BCUT2D eigenvalue weighted by Gasteiger charge is 2.02. The molecule has 0 amide bonds. The molecule has 4 nitrogen and oxygen atoms in total. The van der Waals surface area contributed by atoms with E-state index in [2.05, 4.69) is 15.3 Å². The molecule has 0 saturated heterocycles. The van der Waals surface area contributed by atoms with E-state index in [0.717, 1.165) is 28.6 Å². The van der Waals surface area contributed by atoms with Gasteiger partial charge in [0.2, 0.25) is 0 Å². The summed E-state index contributed by atoms with van der Waals surface area (Å²) in [5, 5.41) is 3.91. The van der Waals surface area contributed by atoms with Gasteiger partial charge in [-0.15, -0.1) is 0 Å². The highest BCUT2D eigenvalue weighted by atomic mass is 35.5. The number of hydrogen-bond acceptors (Lipinski definition) is 4. The minimum Gasteiger partial charge on any atom is -0.370 e. The zero-order chi connectivity index (χ0) is 14.4. The third-order valence-corrected chi connectivity index (χ3v) is 2.92. The molecule has 0 spiro atoms. The van der Waals surface area contributed by atoms with Gasteiger partial charge in [0.05, 0.1) is 6.61 Å². The summed E-state index contributed by atoms with van der Waals surface area (Å²) >= 11 is 5.84. The van der Waals surface area contributed by atoms with Crippen molar-refractivity contribution in [2.75, 3.05) is 11.9 Å². The van der Waals surface area contributed by atoms with Gasteiger partial charge in [-0.25, -0.2) is 9.97 Å². The summed E-state index contributed by atoms with van der Waals surface area (Å²) in [6.07, 6.45) is 0. The lowest BCUT2D eigenvalue weighted by Crippen LogP contribution is -2.06. The first-order valence-electron chi connectivity index (χ1n) is 6.58. The number of halogens is 1. The first-order valence-corrected chi connectivity index (χ1v) is 6.96. The van der Waals surface area contributed by atoms with Gasteiger partial charge in [0.15, 0.2) is 5.82 Å². The Hall–Kier alpha value is -1.65. The molecule has 1 N–H and O–H groups in total. The summed E-state index contributed by atoms with van der Waals surface area (Å²) in [5.41, 5.74) is 2.01. The van der Waals surface area contributed by atoms with E-state index in [1.54, 1.807) is 0 Å². The second-order valence-corrected chi connectivity index (χ2v) is 4.90. The number of nitrogens with zero attached hydrogens (tertiary/aromatic N) is 2. The number of benzene rings is 1. The smallest absolute Gasteiger partial charge is 0.156 e. The van der Waals surface area contributed by atoms with Gasteiger partial charge in [-0.3, -0.25) is 0 Å². The Bertz CT molecular complexity index is 558. The average Bonchev–Trinajstić information content (AvgIpc) is 2.41. The molecular weight excluding hydrogens is 274 g/mol. The topological polar surface area (TPSA) is 47.0 Å². The van der Waals surface area contributed by atoms with Gasteiger partial charge in [0.1, 0.15) is 12.4 Å². The number of anilines is 1. The molecule has 1 aromatic carbocycles. The van der Waals surface area contributed by atoms with Crippen molar-refractivity contribution in [3.05, 3.63) is 52.4 Å². The quantitative estimate of drug-likeness (QED) is 0.883. The van der Waals surface area contributed by atoms with Crippen LogP contribution in [-0.4, -0.2) is 16.5 Å². The van der Waals surface area contributed by atoms with Crippen molar-refractivity contribution in [3.8, 4) is 0 Å². The summed E-state index contributed by atoms with van der Waals surface area (Å²) in [4.78, 5) is 8.76. The minimum absolute atomic E-state index is 0.392. The predicted octanol–water partition coefficient (Wildman–Crippen LogP) is 3.59. The second-order valence-electron chi connectivity index (χ2n) is 4.46. The minimum atomic E-state index is 0.392. The molecule has 0 aliphatic heterocycles. The van der Waals surface area contributed by atoms with Crippen LogP contribution >= 0.6 is 11.6 Å². The van der Waals surface area contributed by atoms with Gasteiger partial charge in [-0.1, -0.05) is 23.7 Å². The molecule has 106 valence electrons. The number of rotatable bonds is 6. The van der Waals surface area contributed by atoms with E-state index in [1.165, 1.54) is 0 Å². The molecule has 0 fully saturated rings. The number of nitrogens with one attached hydrogen (secondary N) is 1. The summed E-state index contributed by atoms with van der Waals surface area (Å²) in [5.74, 6) is 1.53. The largest absolute Gasteiger partial charge is 0.370 e. The third kappa shape index (κ3) is 4.47. The van der Waals surface area contributed by atoms with Crippen LogP contribution in [-0.2, 0) is 18.0 Å². The summed E-state index contributed by atoms with van der Waals surface area (Å²) in [6, 6.07) is 9.53. The highest BCUT2D eigenvalue weighted by Crippen LogP contribution is 2.11. The first kappa shape index (κ1) is 14.8. The predicted molar refractivity (Wildman–Crippen MR) is 80.9 cm³/mol. The van der Waals surface area contributed by atoms with Gasteiger partial charge >= 0.3 is 0 Å². The fourth-order valence-electron chi connectivity index (χ4n) is 1.81. The summed E-state index contributed by atoms with van der Waals surface area (Å²) in [6.45, 7) is 5.73. The normalized spacial score (nSPS) is 10.6. The van der Waals surface area contributed by atoms with Gasteiger partial charge in [0.25, 0.3) is 0 Å². The van der Waals surface area contributed by atoms with Crippen LogP contribution in [0.2, 0.25) is 5.02 Å². The number of aryl methyl sites for hydroxylation is 1. The van der Waals surface area contributed by atoms with Crippen molar-refractivity contribution in [2.24, 2.45) is 0 Å².